The molecule has 4 atom stereocenters. The van der Waals surface area contributed by atoms with Crippen LogP contribution in [0.4, 0.5) is 10.1 Å². The minimum absolute atomic E-state index is 0.0473. The van der Waals surface area contributed by atoms with Gasteiger partial charge in [0.25, 0.3) is 5.91 Å². The zero-order valence-corrected chi connectivity index (χ0v) is 19.1. The molecule has 9 heteroatoms. The summed E-state index contributed by atoms with van der Waals surface area (Å²) in [4.78, 5) is 12.6. The van der Waals surface area contributed by atoms with Crippen LogP contribution in [-0.2, 0) is 9.84 Å². The predicted molar refractivity (Wildman–Crippen MR) is 118 cm³/mol. The molecule has 2 aliphatic rings. The standard InChI is InChI=1S/C22H22Cl2FNO4S/c1-22(28)13-3-4-14(22)10-16(9-13)31(29,30)20-8-12(2-6-17(20)23)21(27)26-15-5-7-19(25)18(24)11-15/h2,5-8,11,13-14,16,28H,3-4,9-10H2,1H3,(H,26,27)/t13-,14?,16-,22-/m0/s1. The Morgan fingerprint density at radius 2 is 1.74 bits per heavy atom. The van der Waals surface area contributed by atoms with Crippen molar-refractivity contribution >= 4 is 44.6 Å². The summed E-state index contributed by atoms with van der Waals surface area (Å²) in [6.07, 6.45) is 2.35. The Balaban J connectivity index is 1.60. The van der Waals surface area contributed by atoms with E-state index in [-0.39, 0.29) is 38.0 Å². The molecule has 2 fully saturated rings. The Hall–Kier alpha value is -1.67. The van der Waals surface area contributed by atoms with E-state index in [0.717, 1.165) is 18.9 Å². The topological polar surface area (TPSA) is 83.5 Å². The largest absolute Gasteiger partial charge is 0.390 e. The molecule has 0 aliphatic heterocycles. The van der Waals surface area contributed by atoms with Gasteiger partial charge in [-0.1, -0.05) is 23.2 Å². The molecule has 2 bridgehead atoms. The maximum atomic E-state index is 13.4. The fourth-order valence-corrected chi connectivity index (χ4v) is 7.42. The van der Waals surface area contributed by atoms with Gasteiger partial charge in [0, 0.05) is 11.3 Å². The molecule has 4 rings (SSSR count). The van der Waals surface area contributed by atoms with E-state index in [2.05, 4.69) is 5.32 Å². The second-order valence-corrected chi connectivity index (χ2v) is 11.6. The van der Waals surface area contributed by atoms with Crippen molar-refractivity contribution in [3.63, 3.8) is 0 Å². The summed E-state index contributed by atoms with van der Waals surface area (Å²) < 4.78 is 40.1. The Kier molecular flexibility index (Phi) is 5.83. The molecule has 1 unspecified atom stereocenters. The number of hydrogen-bond donors (Lipinski definition) is 2. The van der Waals surface area contributed by atoms with Crippen molar-refractivity contribution < 1.29 is 22.7 Å². The van der Waals surface area contributed by atoms with E-state index >= 15 is 0 Å². The van der Waals surface area contributed by atoms with Gasteiger partial charge in [-0.2, -0.15) is 0 Å². The maximum Gasteiger partial charge on any atom is 0.255 e. The number of anilines is 1. The van der Waals surface area contributed by atoms with Gasteiger partial charge >= 0.3 is 0 Å². The lowest BCUT2D eigenvalue weighted by molar-refractivity contribution is -0.0413. The van der Waals surface area contributed by atoms with E-state index in [1.54, 1.807) is 6.92 Å². The van der Waals surface area contributed by atoms with E-state index in [0.29, 0.717) is 12.8 Å². The summed E-state index contributed by atoms with van der Waals surface area (Å²) in [5.41, 5.74) is -0.454. The van der Waals surface area contributed by atoms with Crippen LogP contribution in [0.2, 0.25) is 10.0 Å². The first-order chi connectivity index (χ1) is 14.5. The summed E-state index contributed by atoms with van der Waals surface area (Å²) in [6, 6.07) is 7.84. The molecule has 2 saturated carbocycles. The van der Waals surface area contributed by atoms with Crippen molar-refractivity contribution in [2.24, 2.45) is 11.8 Å². The average Bonchev–Trinajstić information content (AvgIpc) is 2.87. The second-order valence-electron chi connectivity index (χ2n) is 8.56. The highest BCUT2D eigenvalue weighted by atomic mass is 35.5. The Bertz CT molecular complexity index is 1140. The Morgan fingerprint density at radius 3 is 2.35 bits per heavy atom. The van der Waals surface area contributed by atoms with Crippen LogP contribution in [0.3, 0.4) is 0 Å². The van der Waals surface area contributed by atoms with Crippen LogP contribution in [-0.4, -0.2) is 30.3 Å². The Morgan fingerprint density at radius 1 is 1.10 bits per heavy atom. The van der Waals surface area contributed by atoms with Crippen LogP contribution in [0.25, 0.3) is 0 Å². The van der Waals surface area contributed by atoms with Gasteiger partial charge in [0.1, 0.15) is 5.82 Å². The smallest absolute Gasteiger partial charge is 0.255 e. The SMILES string of the molecule is C[C@@]1(O)C2CC[C@H]1C[C@H](S(=O)(=O)c1cc(C(=O)Nc3ccc(F)c(Cl)c3)ccc1Cl)C2. The van der Waals surface area contributed by atoms with E-state index in [1.807, 2.05) is 0 Å². The first-order valence-corrected chi connectivity index (χ1v) is 12.3. The van der Waals surface area contributed by atoms with Gasteiger partial charge in [-0.05, 0) is 80.8 Å². The molecule has 31 heavy (non-hydrogen) atoms. The van der Waals surface area contributed by atoms with Gasteiger partial charge in [-0.25, -0.2) is 12.8 Å². The number of nitrogens with one attached hydrogen (secondary N) is 1. The first kappa shape index (κ1) is 22.5. The highest BCUT2D eigenvalue weighted by Gasteiger charge is 2.53. The molecule has 0 saturated heterocycles. The second kappa shape index (κ2) is 8.03. The number of sulfone groups is 1. The zero-order valence-electron chi connectivity index (χ0n) is 16.7. The van der Waals surface area contributed by atoms with Crippen molar-refractivity contribution in [2.45, 2.75) is 48.4 Å². The molecule has 0 aromatic heterocycles. The van der Waals surface area contributed by atoms with E-state index < -0.39 is 32.4 Å². The third-order valence-electron chi connectivity index (χ3n) is 6.73. The molecule has 5 nitrogen and oxygen atoms in total. The normalized spacial score (nSPS) is 27.8. The number of carbonyl (C=O) groups excluding carboxylic acids is 1. The molecule has 2 N–H and O–H groups in total. The monoisotopic (exact) mass is 485 g/mol. The maximum absolute atomic E-state index is 13.4. The molecule has 1 amide bonds. The minimum Gasteiger partial charge on any atom is -0.390 e. The van der Waals surface area contributed by atoms with Gasteiger partial charge in [0.05, 0.1) is 25.8 Å². The van der Waals surface area contributed by atoms with Gasteiger partial charge < -0.3 is 10.4 Å². The Labute approximate surface area is 190 Å². The van der Waals surface area contributed by atoms with E-state index in [9.17, 15) is 22.7 Å². The summed E-state index contributed by atoms with van der Waals surface area (Å²) in [7, 11) is -3.80. The number of hydrogen-bond acceptors (Lipinski definition) is 4. The number of amides is 1. The molecule has 2 aromatic rings. The molecular formula is C22H22Cl2FNO4S. The summed E-state index contributed by atoms with van der Waals surface area (Å²) in [6.45, 7) is 1.79. The summed E-state index contributed by atoms with van der Waals surface area (Å²) in [5.74, 6) is -1.32. The van der Waals surface area contributed by atoms with Crippen LogP contribution in [0.15, 0.2) is 41.3 Å². The number of rotatable bonds is 4. The number of aliphatic hydroxyl groups is 1. The highest BCUT2D eigenvalue weighted by Crippen LogP contribution is 2.51. The third-order valence-corrected chi connectivity index (χ3v) is 9.67. The zero-order chi connectivity index (χ0) is 22.6. The lowest BCUT2D eigenvalue weighted by Crippen LogP contribution is -2.45. The van der Waals surface area contributed by atoms with Crippen LogP contribution in [0.1, 0.15) is 43.0 Å². The molecular weight excluding hydrogens is 464 g/mol. The van der Waals surface area contributed by atoms with Crippen molar-refractivity contribution in [2.75, 3.05) is 5.32 Å². The lowest BCUT2D eigenvalue weighted by Gasteiger charge is -2.40. The van der Waals surface area contributed by atoms with Gasteiger partial charge in [0.2, 0.25) is 0 Å². The van der Waals surface area contributed by atoms with Gasteiger partial charge in [0.15, 0.2) is 9.84 Å². The fourth-order valence-electron chi connectivity index (χ4n) is 4.84. The highest BCUT2D eigenvalue weighted by molar-refractivity contribution is 7.92. The molecule has 0 heterocycles. The van der Waals surface area contributed by atoms with Crippen molar-refractivity contribution in [3.8, 4) is 0 Å². The third kappa shape index (κ3) is 4.09. The number of benzene rings is 2. The molecule has 2 aliphatic carbocycles. The first-order valence-electron chi connectivity index (χ1n) is 10.0. The van der Waals surface area contributed by atoms with Crippen molar-refractivity contribution in [3.05, 3.63) is 57.8 Å². The van der Waals surface area contributed by atoms with E-state index in [1.165, 1.54) is 30.3 Å². The summed E-state index contributed by atoms with van der Waals surface area (Å²) >= 11 is 12.0. The number of halogens is 3. The van der Waals surface area contributed by atoms with E-state index in [4.69, 9.17) is 23.2 Å². The van der Waals surface area contributed by atoms with Crippen LogP contribution in [0.5, 0.6) is 0 Å². The van der Waals surface area contributed by atoms with Crippen LogP contribution < -0.4 is 5.32 Å². The lowest BCUT2D eigenvalue weighted by atomic mass is 9.76. The van der Waals surface area contributed by atoms with Gasteiger partial charge in [-0.15, -0.1) is 0 Å². The molecule has 0 radical (unpaired) electrons. The van der Waals surface area contributed by atoms with Gasteiger partial charge in [-0.3, -0.25) is 4.79 Å². The average molecular weight is 486 g/mol. The number of carbonyl (C=O) groups is 1. The summed E-state index contributed by atoms with van der Waals surface area (Å²) in [5, 5.41) is 12.5. The number of fused-ring (bicyclic) bond motifs is 2. The van der Waals surface area contributed by atoms with Crippen LogP contribution >= 0.6 is 23.2 Å². The quantitative estimate of drug-likeness (QED) is 0.630. The fraction of sp³-hybridized carbons (Fsp3) is 0.409. The molecule has 0 spiro atoms. The predicted octanol–water partition coefficient (Wildman–Crippen LogP) is 5.10. The van der Waals surface area contributed by atoms with Crippen molar-refractivity contribution in [1.29, 1.82) is 0 Å². The van der Waals surface area contributed by atoms with Crippen molar-refractivity contribution in [1.82, 2.24) is 0 Å². The minimum atomic E-state index is -3.80. The molecule has 166 valence electrons. The van der Waals surface area contributed by atoms with Crippen LogP contribution in [0, 0.1) is 17.7 Å². The molecule has 2 aromatic carbocycles.